The van der Waals surface area contributed by atoms with Gasteiger partial charge in [0.25, 0.3) is 5.91 Å². The van der Waals surface area contributed by atoms with Gasteiger partial charge < -0.3 is 10.1 Å². The van der Waals surface area contributed by atoms with Gasteiger partial charge in [0.1, 0.15) is 0 Å². The van der Waals surface area contributed by atoms with Gasteiger partial charge in [-0.1, -0.05) is 60.7 Å². The van der Waals surface area contributed by atoms with E-state index in [-0.39, 0.29) is 5.91 Å². The van der Waals surface area contributed by atoms with Gasteiger partial charge in [-0.3, -0.25) is 9.48 Å². The number of benzene rings is 3. The minimum atomic E-state index is -0.0895. The Morgan fingerprint density at radius 2 is 1.68 bits per heavy atom. The van der Waals surface area contributed by atoms with Crippen molar-refractivity contribution in [2.75, 3.05) is 7.11 Å². The number of aromatic nitrogens is 2. The van der Waals surface area contributed by atoms with E-state index in [1.165, 1.54) is 5.56 Å². The molecule has 0 saturated carbocycles. The Labute approximate surface area is 182 Å². The average molecular weight is 412 g/mol. The molecular weight excluding hydrogens is 386 g/mol. The Morgan fingerprint density at radius 1 is 0.935 bits per heavy atom. The summed E-state index contributed by atoms with van der Waals surface area (Å²) >= 11 is 0. The highest BCUT2D eigenvalue weighted by Gasteiger charge is 2.09. The summed E-state index contributed by atoms with van der Waals surface area (Å²) in [5, 5.41) is 7.29. The maximum Gasteiger partial charge on any atom is 0.251 e. The van der Waals surface area contributed by atoms with E-state index in [4.69, 9.17) is 4.74 Å². The molecule has 3 aromatic carbocycles. The molecule has 0 fully saturated rings. The zero-order valence-electron chi connectivity index (χ0n) is 17.5. The molecule has 1 aromatic heterocycles. The van der Waals surface area contributed by atoms with Crippen LogP contribution < -0.4 is 5.32 Å². The number of carbonyl (C=O) groups is 1. The highest BCUT2D eigenvalue weighted by atomic mass is 16.5. The molecule has 31 heavy (non-hydrogen) atoms. The topological polar surface area (TPSA) is 56.1 Å². The molecule has 1 heterocycles. The highest BCUT2D eigenvalue weighted by molar-refractivity contribution is 5.94. The van der Waals surface area contributed by atoms with Crippen molar-refractivity contribution in [3.63, 3.8) is 0 Å². The lowest BCUT2D eigenvalue weighted by Crippen LogP contribution is -2.23. The zero-order chi connectivity index (χ0) is 21.5. The standard InChI is InChI=1S/C26H25N3O2/c1-31-19-21-9-13-23(14-10-21)26(30)27-17-24-5-2-3-6-25(24)22-11-7-20(8-12-22)18-29-16-4-15-28-29/h2-16H,17-19H2,1H3,(H,27,30). The van der Waals surface area contributed by atoms with Crippen LogP contribution in [0.5, 0.6) is 0 Å². The second-order valence-electron chi connectivity index (χ2n) is 7.37. The molecule has 0 atom stereocenters. The van der Waals surface area contributed by atoms with Crippen LogP contribution in [0.2, 0.25) is 0 Å². The predicted molar refractivity (Wildman–Crippen MR) is 122 cm³/mol. The van der Waals surface area contributed by atoms with Crippen LogP contribution in [-0.4, -0.2) is 22.8 Å². The van der Waals surface area contributed by atoms with E-state index in [2.05, 4.69) is 46.8 Å². The zero-order valence-corrected chi connectivity index (χ0v) is 17.5. The van der Waals surface area contributed by atoms with Crippen LogP contribution in [0, 0.1) is 0 Å². The fourth-order valence-corrected chi connectivity index (χ4v) is 3.52. The third-order valence-electron chi connectivity index (χ3n) is 5.15. The number of hydrogen-bond acceptors (Lipinski definition) is 3. The number of carbonyl (C=O) groups excluding carboxylic acids is 1. The van der Waals surface area contributed by atoms with Gasteiger partial charge in [-0.25, -0.2) is 0 Å². The largest absolute Gasteiger partial charge is 0.380 e. The first-order valence-corrected chi connectivity index (χ1v) is 10.2. The molecular formula is C26H25N3O2. The maximum absolute atomic E-state index is 12.6. The minimum Gasteiger partial charge on any atom is -0.380 e. The van der Waals surface area contributed by atoms with E-state index < -0.39 is 0 Å². The summed E-state index contributed by atoms with van der Waals surface area (Å²) < 4.78 is 7.02. The summed E-state index contributed by atoms with van der Waals surface area (Å²) in [6.07, 6.45) is 3.74. The average Bonchev–Trinajstić information content (AvgIpc) is 3.32. The Balaban J connectivity index is 1.44. The third kappa shape index (κ3) is 5.27. The molecule has 0 unspecified atom stereocenters. The van der Waals surface area contributed by atoms with Crippen LogP contribution in [0.15, 0.2) is 91.3 Å². The predicted octanol–water partition coefficient (Wildman–Crippen LogP) is 4.67. The van der Waals surface area contributed by atoms with Gasteiger partial charge in [0, 0.05) is 31.6 Å². The van der Waals surface area contributed by atoms with Crippen LogP contribution in [0.1, 0.15) is 27.0 Å². The van der Waals surface area contributed by atoms with Crippen LogP contribution in [-0.2, 0) is 24.4 Å². The summed E-state index contributed by atoms with van der Waals surface area (Å²) in [5.74, 6) is -0.0895. The van der Waals surface area contributed by atoms with Crippen molar-refractivity contribution in [2.45, 2.75) is 19.7 Å². The van der Waals surface area contributed by atoms with Crippen LogP contribution in [0.25, 0.3) is 11.1 Å². The second kappa shape index (κ2) is 9.87. The summed E-state index contributed by atoms with van der Waals surface area (Å²) in [6, 6.07) is 26.0. The molecule has 5 nitrogen and oxygen atoms in total. The number of hydrogen-bond donors (Lipinski definition) is 1. The molecule has 0 bridgehead atoms. The molecule has 0 saturated heterocycles. The number of nitrogens with zero attached hydrogens (tertiary/aromatic N) is 2. The molecule has 0 aliphatic heterocycles. The van der Waals surface area contributed by atoms with Crippen molar-refractivity contribution in [3.05, 3.63) is 114 Å². The first-order valence-electron chi connectivity index (χ1n) is 10.2. The van der Waals surface area contributed by atoms with Gasteiger partial charge in [0.05, 0.1) is 13.2 Å². The van der Waals surface area contributed by atoms with Crippen molar-refractivity contribution in [1.29, 1.82) is 0 Å². The Morgan fingerprint density at radius 3 is 2.39 bits per heavy atom. The Kier molecular flexibility index (Phi) is 6.55. The summed E-state index contributed by atoms with van der Waals surface area (Å²) in [6.45, 7) is 1.74. The summed E-state index contributed by atoms with van der Waals surface area (Å²) in [7, 11) is 1.66. The van der Waals surface area contributed by atoms with Crippen LogP contribution in [0.4, 0.5) is 0 Å². The van der Waals surface area contributed by atoms with E-state index in [0.717, 1.165) is 28.8 Å². The summed E-state index contributed by atoms with van der Waals surface area (Å²) in [5.41, 5.74) is 6.18. The van der Waals surface area contributed by atoms with E-state index in [0.29, 0.717) is 18.7 Å². The fraction of sp³-hybridized carbons (Fsp3) is 0.154. The van der Waals surface area contributed by atoms with Crippen molar-refractivity contribution in [1.82, 2.24) is 15.1 Å². The summed E-state index contributed by atoms with van der Waals surface area (Å²) in [4.78, 5) is 12.6. The smallest absolute Gasteiger partial charge is 0.251 e. The minimum absolute atomic E-state index is 0.0895. The van der Waals surface area contributed by atoms with E-state index >= 15 is 0 Å². The van der Waals surface area contributed by atoms with E-state index in [1.54, 1.807) is 13.3 Å². The Hall–Kier alpha value is -3.70. The second-order valence-corrected chi connectivity index (χ2v) is 7.37. The quantitative estimate of drug-likeness (QED) is 0.458. The first-order chi connectivity index (χ1) is 15.2. The van der Waals surface area contributed by atoms with Crippen molar-refractivity contribution < 1.29 is 9.53 Å². The highest BCUT2D eigenvalue weighted by Crippen LogP contribution is 2.24. The van der Waals surface area contributed by atoms with Gasteiger partial charge in [0.2, 0.25) is 0 Å². The van der Waals surface area contributed by atoms with Crippen molar-refractivity contribution >= 4 is 5.91 Å². The molecule has 0 spiro atoms. The van der Waals surface area contributed by atoms with Gasteiger partial charge >= 0.3 is 0 Å². The number of ether oxygens (including phenoxy) is 1. The van der Waals surface area contributed by atoms with Crippen LogP contribution >= 0.6 is 0 Å². The molecule has 5 heteroatoms. The van der Waals surface area contributed by atoms with Gasteiger partial charge in [-0.05, 0) is 46.0 Å². The lowest BCUT2D eigenvalue weighted by molar-refractivity contribution is 0.0951. The third-order valence-corrected chi connectivity index (χ3v) is 5.15. The van der Waals surface area contributed by atoms with Crippen LogP contribution in [0.3, 0.4) is 0 Å². The molecule has 156 valence electrons. The van der Waals surface area contributed by atoms with Gasteiger partial charge in [0.15, 0.2) is 0 Å². The number of methoxy groups -OCH3 is 1. The molecule has 1 N–H and O–H groups in total. The molecule has 0 aliphatic rings. The first kappa shape index (κ1) is 20.6. The normalized spacial score (nSPS) is 10.7. The SMILES string of the molecule is COCc1ccc(C(=O)NCc2ccccc2-c2ccc(Cn3cccn3)cc2)cc1. The Bertz CT molecular complexity index is 1120. The lowest BCUT2D eigenvalue weighted by atomic mass is 9.98. The number of amides is 1. The maximum atomic E-state index is 12.6. The lowest BCUT2D eigenvalue weighted by Gasteiger charge is -2.12. The van der Waals surface area contributed by atoms with E-state index in [1.807, 2.05) is 53.3 Å². The molecule has 1 amide bonds. The fourth-order valence-electron chi connectivity index (χ4n) is 3.52. The van der Waals surface area contributed by atoms with Gasteiger partial charge in [-0.2, -0.15) is 5.10 Å². The molecule has 4 rings (SSSR count). The number of rotatable bonds is 8. The monoisotopic (exact) mass is 411 g/mol. The molecule has 0 radical (unpaired) electrons. The molecule has 4 aromatic rings. The molecule has 0 aliphatic carbocycles. The van der Waals surface area contributed by atoms with Gasteiger partial charge in [-0.15, -0.1) is 0 Å². The van der Waals surface area contributed by atoms with Crippen molar-refractivity contribution in [3.8, 4) is 11.1 Å². The van der Waals surface area contributed by atoms with Crippen molar-refractivity contribution in [2.24, 2.45) is 0 Å². The number of nitrogens with one attached hydrogen (secondary N) is 1. The van der Waals surface area contributed by atoms with E-state index in [9.17, 15) is 4.79 Å².